The highest BCUT2D eigenvalue weighted by Gasteiger charge is 2.15. The van der Waals surface area contributed by atoms with Crippen molar-refractivity contribution in [3.63, 3.8) is 0 Å². The van der Waals surface area contributed by atoms with E-state index in [0.717, 1.165) is 32.6 Å². The maximum atomic E-state index is 12.0. The van der Waals surface area contributed by atoms with Crippen molar-refractivity contribution < 1.29 is 14.7 Å². The first-order valence-electron chi connectivity index (χ1n) is 6.72. The van der Waals surface area contributed by atoms with Crippen molar-refractivity contribution in [3.05, 3.63) is 29.8 Å². The van der Waals surface area contributed by atoms with Gasteiger partial charge in [0.1, 0.15) is 0 Å². The third-order valence-electron chi connectivity index (χ3n) is 3.23. The maximum absolute atomic E-state index is 12.0. The van der Waals surface area contributed by atoms with Crippen molar-refractivity contribution in [2.24, 2.45) is 0 Å². The van der Waals surface area contributed by atoms with Crippen molar-refractivity contribution in [3.8, 4) is 0 Å². The molecule has 0 atom stereocenters. The Morgan fingerprint density at radius 1 is 1.25 bits per heavy atom. The summed E-state index contributed by atoms with van der Waals surface area (Å²) < 4.78 is 0. The van der Waals surface area contributed by atoms with Gasteiger partial charge in [-0.1, -0.05) is 12.1 Å². The number of anilines is 1. The zero-order chi connectivity index (χ0) is 14.4. The van der Waals surface area contributed by atoms with E-state index in [9.17, 15) is 9.59 Å². The number of carbonyl (C=O) groups excluding carboxylic acids is 1. The summed E-state index contributed by atoms with van der Waals surface area (Å²) in [5.74, 6) is -1.22. The highest BCUT2D eigenvalue weighted by atomic mass is 16.4. The molecule has 0 aliphatic carbocycles. The van der Waals surface area contributed by atoms with Gasteiger partial charge < -0.3 is 15.7 Å². The SMILES string of the molecule is O=C(CN1CCCNCC1)Nc1ccccc1C(=O)O. The van der Waals surface area contributed by atoms with Crippen LogP contribution in [0.15, 0.2) is 24.3 Å². The number of rotatable bonds is 4. The second-order valence-electron chi connectivity index (χ2n) is 4.78. The standard InChI is InChI=1S/C14H19N3O3/c18-13(10-17-8-3-6-15-7-9-17)16-12-5-2-1-4-11(12)14(19)20/h1-2,4-5,15H,3,6-10H2,(H,16,18)(H,19,20). The Morgan fingerprint density at radius 3 is 2.85 bits per heavy atom. The van der Waals surface area contributed by atoms with Gasteiger partial charge in [0, 0.05) is 13.1 Å². The third kappa shape index (κ3) is 4.04. The minimum absolute atomic E-state index is 0.110. The van der Waals surface area contributed by atoms with E-state index in [1.165, 1.54) is 6.07 Å². The predicted octanol–water partition coefficient (Wildman–Crippen LogP) is 0.619. The van der Waals surface area contributed by atoms with Gasteiger partial charge in [-0.3, -0.25) is 9.69 Å². The highest BCUT2D eigenvalue weighted by Crippen LogP contribution is 2.14. The second kappa shape index (κ2) is 7.02. The van der Waals surface area contributed by atoms with Crippen LogP contribution in [0.1, 0.15) is 16.8 Å². The molecule has 0 bridgehead atoms. The lowest BCUT2D eigenvalue weighted by Gasteiger charge is -2.19. The van der Waals surface area contributed by atoms with E-state index in [1.54, 1.807) is 18.2 Å². The first-order valence-corrected chi connectivity index (χ1v) is 6.72. The Labute approximate surface area is 117 Å². The van der Waals surface area contributed by atoms with Crippen molar-refractivity contribution in [2.75, 3.05) is 38.0 Å². The van der Waals surface area contributed by atoms with Crippen LogP contribution in [0.5, 0.6) is 0 Å². The Morgan fingerprint density at radius 2 is 2.05 bits per heavy atom. The average Bonchev–Trinajstić information content (AvgIpc) is 2.67. The Balaban J connectivity index is 1.95. The number of hydrogen-bond acceptors (Lipinski definition) is 4. The fourth-order valence-electron chi connectivity index (χ4n) is 2.23. The number of aromatic carboxylic acids is 1. The van der Waals surface area contributed by atoms with Crippen LogP contribution in [0.3, 0.4) is 0 Å². The number of carboxylic acid groups (broad SMARTS) is 1. The summed E-state index contributed by atoms with van der Waals surface area (Å²) >= 11 is 0. The molecule has 3 N–H and O–H groups in total. The summed E-state index contributed by atoms with van der Waals surface area (Å²) in [4.78, 5) is 25.1. The van der Waals surface area contributed by atoms with Crippen LogP contribution in [-0.2, 0) is 4.79 Å². The molecule has 0 spiro atoms. The summed E-state index contributed by atoms with van der Waals surface area (Å²) in [5.41, 5.74) is 0.455. The molecule has 0 radical (unpaired) electrons. The number of hydrogen-bond donors (Lipinski definition) is 3. The minimum atomic E-state index is -1.04. The predicted molar refractivity (Wildman–Crippen MR) is 76.0 cm³/mol. The van der Waals surface area contributed by atoms with Crippen molar-refractivity contribution in [1.29, 1.82) is 0 Å². The molecule has 20 heavy (non-hydrogen) atoms. The zero-order valence-corrected chi connectivity index (χ0v) is 11.3. The van der Waals surface area contributed by atoms with Crippen molar-refractivity contribution >= 4 is 17.6 Å². The third-order valence-corrected chi connectivity index (χ3v) is 3.23. The number of amides is 1. The molecule has 1 aliphatic heterocycles. The van der Waals surface area contributed by atoms with Crippen LogP contribution < -0.4 is 10.6 Å². The summed E-state index contributed by atoms with van der Waals surface area (Å²) in [5, 5.41) is 15.0. The zero-order valence-electron chi connectivity index (χ0n) is 11.3. The fourth-order valence-corrected chi connectivity index (χ4v) is 2.23. The van der Waals surface area contributed by atoms with Gasteiger partial charge in [-0.25, -0.2) is 4.79 Å². The smallest absolute Gasteiger partial charge is 0.337 e. The summed E-state index contributed by atoms with van der Waals surface area (Å²) in [6.07, 6.45) is 1.01. The van der Waals surface area contributed by atoms with E-state index in [1.807, 2.05) is 0 Å². The highest BCUT2D eigenvalue weighted by molar-refractivity contribution is 6.01. The molecule has 1 aromatic carbocycles. The van der Waals surface area contributed by atoms with Crippen LogP contribution in [0, 0.1) is 0 Å². The van der Waals surface area contributed by atoms with Gasteiger partial charge in [0.25, 0.3) is 0 Å². The molecule has 1 aromatic rings. The lowest BCUT2D eigenvalue weighted by atomic mass is 10.2. The van der Waals surface area contributed by atoms with Crippen LogP contribution in [0.2, 0.25) is 0 Å². The molecule has 1 aliphatic rings. The van der Waals surface area contributed by atoms with Gasteiger partial charge in [-0.2, -0.15) is 0 Å². The average molecular weight is 277 g/mol. The number of benzene rings is 1. The molecule has 1 saturated heterocycles. The first kappa shape index (κ1) is 14.5. The molecular weight excluding hydrogens is 258 g/mol. The number of carboxylic acids is 1. The largest absolute Gasteiger partial charge is 0.478 e. The van der Waals surface area contributed by atoms with Crippen LogP contribution in [-0.4, -0.2) is 54.6 Å². The van der Waals surface area contributed by atoms with E-state index in [0.29, 0.717) is 5.69 Å². The van der Waals surface area contributed by atoms with E-state index < -0.39 is 5.97 Å². The monoisotopic (exact) mass is 277 g/mol. The van der Waals surface area contributed by atoms with E-state index >= 15 is 0 Å². The number of para-hydroxylation sites is 1. The number of nitrogens with zero attached hydrogens (tertiary/aromatic N) is 1. The van der Waals surface area contributed by atoms with E-state index in [2.05, 4.69) is 15.5 Å². The summed E-state index contributed by atoms with van der Waals surface area (Å²) in [6, 6.07) is 6.43. The van der Waals surface area contributed by atoms with E-state index in [-0.39, 0.29) is 18.0 Å². The molecule has 2 rings (SSSR count). The molecule has 6 nitrogen and oxygen atoms in total. The van der Waals surface area contributed by atoms with Gasteiger partial charge in [0.15, 0.2) is 0 Å². The number of carbonyl (C=O) groups is 2. The molecule has 108 valence electrons. The normalized spacial score (nSPS) is 16.4. The van der Waals surface area contributed by atoms with Crippen molar-refractivity contribution in [2.45, 2.75) is 6.42 Å². The molecule has 1 amide bonds. The van der Waals surface area contributed by atoms with E-state index in [4.69, 9.17) is 5.11 Å². The lowest BCUT2D eigenvalue weighted by Crippen LogP contribution is -2.35. The van der Waals surface area contributed by atoms with Gasteiger partial charge >= 0.3 is 5.97 Å². The molecule has 0 saturated carbocycles. The topological polar surface area (TPSA) is 81.7 Å². The number of nitrogens with one attached hydrogen (secondary N) is 2. The van der Waals surface area contributed by atoms with Gasteiger partial charge in [0.2, 0.25) is 5.91 Å². The second-order valence-corrected chi connectivity index (χ2v) is 4.78. The fraction of sp³-hybridized carbons (Fsp3) is 0.429. The van der Waals surface area contributed by atoms with Gasteiger partial charge in [-0.05, 0) is 31.6 Å². The van der Waals surface area contributed by atoms with Crippen LogP contribution in [0.4, 0.5) is 5.69 Å². The summed E-state index contributed by atoms with van der Waals surface area (Å²) in [6.45, 7) is 3.84. The quantitative estimate of drug-likeness (QED) is 0.751. The molecular formula is C14H19N3O3. The molecule has 0 aromatic heterocycles. The van der Waals surface area contributed by atoms with Gasteiger partial charge in [-0.15, -0.1) is 0 Å². The molecule has 1 heterocycles. The molecule has 0 unspecified atom stereocenters. The maximum Gasteiger partial charge on any atom is 0.337 e. The van der Waals surface area contributed by atoms with Crippen LogP contribution in [0.25, 0.3) is 0 Å². The minimum Gasteiger partial charge on any atom is -0.478 e. The Hall–Kier alpha value is -1.92. The molecule has 6 heteroatoms. The molecule has 1 fully saturated rings. The Bertz CT molecular complexity index is 482. The lowest BCUT2D eigenvalue weighted by molar-refractivity contribution is -0.117. The Kier molecular flexibility index (Phi) is 5.09. The van der Waals surface area contributed by atoms with Gasteiger partial charge in [0.05, 0.1) is 17.8 Å². The summed E-state index contributed by atoms with van der Waals surface area (Å²) in [7, 11) is 0. The first-order chi connectivity index (χ1) is 9.66. The van der Waals surface area contributed by atoms with Crippen LogP contribution >= 0.6 is 0 Å². The van der Waals surface area contributed by atoms with Crippen molar-refractivity contribution in [1.82, 2.24) is 10.2 Å².